The predicted molar refractivity (Wildman–Crippen MR) is 76.9 cm³/mol. The van der Waals surface area contributed by atoms with Gasteiger partial charge in [-0.1, -0.05) is 30.3 Å². The van der Waals surface area contributed by atoms with Crippen LogP contribution in [0.5, 0.6) is 0 Å². The Balaban J connectivity index is 1.75. The number of ether oxygens (including phenoxy) is 1. The summed E-state index contributed by atoms with van der Waals surface area (Å²) in [6.45, 7) is 2.05. The SMILES string of the molecule is C[C@H](c1ccccc1)n1cncc1C(=O)OCC1(O)CC1. The monoisotopic (exact) mass is 286 g/mol. The first-order valence-electron chi connectivity index (χ1n) is 7.05. The van der Waals surface area contributed by atoms with Crippen LogP contribution in [0.1, 0.15) is 41.9 Å². The lowest BCUT2D eigenvalue weighted by atomic mass is 10.1. The number of hydrogen-bond acceptors (Lipinski definition) is 4. The van der Waals surface area contributed by atoms with Gasteiger partial charge in [0, 0.05) is 0 Å². The summed E-state index contributed by atoms with van der Waals surface area (Å²) in [4.78, 5) is 16.2. The van der Waals surface area contributed by atoms with Crippen molar-refractivity contribution in [3.05, 3.63) is 54.1 Å². The molecule has 2 aromatic rings. The zero-order chi connectivity index (χ0) is 14.9. The second kappa shape index (κ2) is 5.33. The first kappa shape index (κ1) is 13.8. The maximum atomic E-state index is 12.1. The van der Waals surface area contributed by atoms with Gasteiger partial charge in [0.2, 0.25) is 0 Å². The molecule has 1 atom stereocenters. The van der Waals surface area contributed by atoms with Crippen molar-refractivity contribution in [3.8, 4) is 0 Å². The third-order valence-corrected chi connectivity index (χ3v) is 3.87. The van der Waals surface area contributed by atoms with Gasteiger partial charge in [-0.2, -0.15) is 0 Å². The standard InChI is InChI=1S/C16H18N2O3/c1-12(13-5-3-2-4-6-13)18-11-17-9-14(18)15(19)21-10-16(20)7-8-16/h2-6,9,11-12,20H,7-8,10H2,1H3/t12-/m1/s1. The van der Waals surface area contributed by atoms with E-state index < -0.39 is 11.6 Å². The largest absolute Gasteiger partial charge is 0.458 e. The van der Waals surface area contributed by atoms with E-state index in [1.165, 1.54) is 6.20 Å². The van der Waals surface area contributed by atoms with E-state index in [-0.39, 0.29) is 12.6 Å². The summed E-state index contributed by atoms with van der Waals surface area (Å²) in [6.07, 6.45) is 4.51. The molecule has 0 saturated heterocycles. The minimum atomic E-state index is -0.800. The highest BCUT2D eigenvalue weighted by Crippen LogP contribution is 2.35. The first-order valence-corrected chi connectivity index (χ1v) is 7.05. The molecule has 0 spiro atoms. The van der Waals surface area contributed by atoms with Crippen LogP contribution in [-0.2, 0) is 4.74 Å². The Morgan fingerprint density at radius 3 is 2.81 bits per heavy atom. The average Bonchev–Trinajstić information content (AvgIpc) is 3.05. The van der Waals surface area contributed by atoms with Gasteiger partial charge in [-0.15, -0.1) is 0 Å². The van der Waals surface area contributed by atoms with E-state index in [2.05, 4.69) is 4.98 Å². The van der Waals surface area contributed by atoms with Crippen molar-refractivity contribution >= 4 is 5.97 Å². The Kier molecular flexibility index (Phi) is 3.51. The molecule has 1 saturated carbocycles. The van der Waals surface area contributed by atoms with E-state index in [0.717, 1.165) is 5.56 Å². The normalized spacial score (nSPS) is 17.2. The summed E-state index contributed by atoms with van der Waals surface area (Å²) in [6, 6.07) is 9.88. The van der Waals surface area contributed by atoms with Gasteiger partial charge >= 0.3 is 5.97 Å². The summed E-state index contributed by atoms with van der Waals surface area (Å²) in [5.41, 5.74) is 0.687. The second-order valence-corrected chi connectivity index (χ2v) is 5.57. The number of benzene rings is 1. The molecule has 0 radical (unpaired) electrons. The molecule has 1 aromatic carbocycles. The van der Waals surface area contributed by atoms with E-state index in [9.17, 15) is 9.90 Å². The number of rotatable bonds is 5. The Morgan fingerprint density at radius 1 is 1.43 bits per heavy atom. The highest BCUT2D eigenvalue weighted by Gasteiger charge is 2.42. The molecule has 0 amide bonds. The molecule has 1 N–H and O–H groups in total. The van der Waals surface area contributed by atoms with Gasteiger partial charge < -0.3 is 14.4 Å². The molecule has 5 nitrogen and oxygen atoms in total. The summed E-state index contributed by atoms with van der Waals surface area (Å²) in [5, 5.41) is 9.73. The van der Waals surface area contributed by atoms with E-state index >= 15 is 0 Å². The molecular formula is C16H18N2O3. The molecule has 1 aliphatic carbocycles. The number of imidazole rings is 1. The average molecular weight is 286 g/mol. The van der Waals surface area contributed by atoms with Crippen molar-refractivity contribution < 1.29 is 14.6 Å². The van der Waals surface area contributed by atoms with Crippen LogP contribution < -0.4 is 0 Å². The van der Waals surface area contributed by atoms with Gasteiger partial charge in [0.25, 0.3) is 0 Å². The van der Waals surface area contributed by atoms with Crippen molar-refractivity contribution in [2.45, 2.75) is 31.4 Å². The number of carbonyl (C=O) groups excluding carboxylic acids is 1. The molecule has 0 bridgehead atoms. The summed E-state index contributed by atoms with van der Waals surface area (Å²) in [7, 11) is 0. The number of aliphatic hydroxyl groups is 1. The quantitative estimate of drug-likeness (QED) is 0.856. The maximum absolute atomic E-state index is 12.1. The fourth-order valence-electron chi connectivity index (χ4n) is 2.23. The molecule has 1 aromatic heterocycles. The van der Waals surface area contributed by atoms with Crippen molar-refractivity contribution in [1.82, 2.24) is 9.55 Å². The number of nitrogens with zero attached hydrogens (tertiary/aromatic N) is 2. The van der Waals surface area contributed by atoms with Crippen molar-refractivity contribution in [1.29, 1.82) is 0 Å². The molecular weight excluding hydrogens is 268 g/mol. The molecule has 21 heavy (non-hydrogen) atoms. The van der Waals surface area contributed by atoms with Gasteiger partial charge in [0.15, 0.2) is 0 Å². The molecule has 1 fully saturated rings. The topological polar surface area (TPSA) is 64.4 Å². The molecule has 1 aliphatic rings. The van der Waals surface area contributed by atoms with E-state index in [0.29, 0.717) is 18.5 Å². The van der Waals surface area contributed by atoms with Crippen LogP contribution in [0.4, 0.5) is 0 Å². The fourth-order valence-corrected chi connectivity index (χ4v) is 2.23. The number of carbonyl (C=O) groups is 1. The zero-order valence-electron chi connectivity index (χ0n) is 11.9. The van der Waals surface area contributed by atoms with Crippen molar-refractivity contribution in [2.24, 2.45) is 0 Å². The zero-order valence-corrected chi connectivity index (χ0v) is 11.9. The Bertz CT molecular complexity index is 632. The lowest BCUT2D eigenvalue weighted by molar-refractivity contribution is 0.0167. The number of esters is 1. The highest BCUT2D eigenvalue weighted by atomic mass is 16.5. The Morgan fingerprint density at radius 2 is 2.14 bits per heavy atom. The fraction of sp³-hybridized carbons (Fsp3) is 0.375. The number of hydrogen-bond donors (Lipinski definition) is 1. The van der Waals surface area contributed by atoms with Crippen LogP contribution >= 0.6 is 0 Å². The van der Waals surface area contributed by atoms with Gasteiger partial charge in [0.05, 0.1) is 24.2 Å². The molecule has 0 aliphatic heterocycles. The minimum absolute atomic E-state index is 0.0136. The maximum Gasteiger partial charge on any atom is 0.356 e. The van der Waals surface area contributed by atoms with Gasteiger partial charge in [-0.3, -0.25) is 0 Å². The molecule has 110 valence electrons. The summed E-state index contributed by atoms with van der Waals surface area (Å²) < 4.78 is 6.98. The van der Waals surface area contributed by atoms with E-state index in [4.69, 9.17) is 4.74 Å². The van der Waals surface area contributed by atoms with Crippen molar-refractivity contribution in [2.75, 3.05) is 6.61 Å². The summed E-state index contributed by atoms with van der Waals surface area (Å²) >= 11 is 0. The lowest BCUT2D eigenvalue weighted by Gasteiger charge is -2.17. The van der Waals surface area contributed by atoms with Crippen LogP contribution in [-0.4, -0.2) is 32.8 Å². The van der Waals surface area contributed by atoms with Gasteiger partial charge in [-0.05, 0) is 25.3 Å². The number of aromatic nitrogens is 2. The van der Waals surface area contributed by atoms with Crippen LogP contribution in [0.2, 0.25) is 0 Å². The van der Waals surface area contributed by atoms with E-state index in [1.54, 1.807) is 10.9 Å². The van der Waals surface area contributed by atoms with Gasteiger partial charge in [-0.25, -0.2) is 9.78 Å². The lowest BCUT2D eigenvalue weighted by Crippen LogP contribution is -2.22. The third kappa shape index (κ3) is 2.97. The van der Waals surface area contributed by atoms with Crippen LogP contribution in [0.3, 0.4) is 0 Å². The van der Waals surface area contributed by atoms with Crippen LogP contribution in [0.25, 0.3) is 0 Å². The van der Waals surface area contributed by atoms with E-state index in [1.807, 2.05) is 37.3 Å². The van der Waals surface area contributed by atoms with Crippen LogP contribution in [0.15, 0.2) is 42.9 Å². The molecule has 0 unspecified atom stereocenters. The van der Waals surface area contributed by atoms with Gasteiger partial charge in [0.1, 0.15) is 12.3 Å². The summed E-state index contributed by atoms with van der Waals surface area (Å²) in [5.74, 6) is -0.449. The highest BCUT2D eigenvalue weighted by molar-refractivity contribution is 5.87. The van der Waals surface area contributed by atoms with Crippen LogP contribution in [0, 0.1) is 0 Å². The van der Waals surface area contributed by atoms with Crippen molar-refractivity contribution in [3.63, 3.8) is 0 Å². The third-order valence-electron chi connectivity index (χ3n) is 3.87. The Labute approximate surface area is 123 Å². The molecule has 3 rings (SSSR count). The molecule has 5 heteroatoms. The predicted octanol–water partition coefficient (Wildman–Crippen LogP) is 2.17. The smallest absolute Gasteiger partial charge is 0.356 e. The minimum Gasteiger partial charge on any atom is -0.458 e. The Hall–Kier alpha value is -2.14. The first-order chi connectivity index (χ1) is 10.1. The molecule has 1 heterocycles. The second-order valence-electron chi connectivity index (χ2n) is 5.57.